The van der Waals surface area contributed by atoms with Crippen LogP contribution in [-0.4, -0.2) is 29.4 Å². The Morgan fingerprint density at radius 3 is 2.71 bits per heavy atom. The fourth-order valence-corrected chi connectivity index (χ4v) is 3.69. The van der Waals surface area contributed by atoms with E-state index in [1.54, 1.807) is 6.07 Å². The number of nitrogens with zero attached hydrogens (tertiary/aromatic N) is 3. The highest BCUT2D eigenvalue weighted by atomic mass is 19.2. The summed E-state index contributed by atoms with van der Waals surface area (Å²) >= 11 is 0. The minimum absolute atomic E-state index is 0.493. The molecule has 2 aromatic carbocycles. The van der Waals surface area contributed by atoms with Crippen molar-refractivity contribution in [1.82, 2.24) is 15.1 Å². The van der Waals surface area contributed by atoms with Crippen LogP contribution in [0, 0.1) is 17.6 Å². The van der Waals surface area contributed by atoms with Gasteiger partial charge in [-0.05, 0) is 30.0 Å². The lowest BCUT2D eigenvalue weighted by molar-refractivity contribution is 0.507. The molecule has 1 N–H and O–H groups in total. The zero-order chi connectivity index (χ0) is 19.3. The van der Waals surface area contributed by atoms with Gasteiger partial charge in [-0.2, -0.15) is 5.10 Å². The molecule has 0 aliphatic carbocycles. The predicted molar refractivity (Wildman–Crippen MR) is 106 cm³/mol. The largest absolute Gasteiger partial charge is 0.371 e. The molecule has 0 radical (unpaired) electrons. The van der Waals surface area contributed by atoms with Gasteiger partial charge in [-0.15, -0.1) is 0 Å². The lowest BCUT2D eigenvalue weighted by Crippen LogP contribution is -2.26. The van der Waals surface area contributed by atoms with Crippen molar-refractivity contribution in [1.29, 1.82) is 0 Å². The van der Waals surface area contributed by atoms with E-state index in [1.165, 1.54) is 17.7 Å². The molecule has 1 saturated heterocycles. The molecule has 1 fully saturated rings. The Labute approximate surface area is 163 Å². The maximum atomic E-state index is 13.4. The van der Waals surface area contributed by atoms with Crippen molar-refractivity contribution in [2.45, 2.75) is 19.5 Å². The molecule has 0 saturated carbocycles. The Morgan fingerprint density at radius 2 is 1.89 bits per heavy atom. The van der Waals surface area contributed by atoms with Gasteiger partial charge in [0.2, 0.25) is 0 Å². The molecule has 2 heterocycles. The topological polar surface area (TPSA) is 33.1 Å². The first-order valence-electron chi connectivity index (χ1n) is 9.63. The molecular weight excluding hydrogens is 358 g/mol. The molecule has 0 spiro atoms. The summed E-state index contributed by atoms with van der Waals surface area (Å²) < 4.78 is 28.5. The van der Waals surface area contributed by atoms with Crippen LogP contribution in [0.15, 0.2) is 60.9 Å². The summed E-state index contributed by atoms with van der Waals surface area (Å²) in [5.41, 5.74) is 3.14. The predicted octanol–water partition coefficient (Wildman–Crippen LogP) is 3.83. The molecule has 6 heteroatoms. The average molecular weight is 382 g/mol. The highest BCUT2D eigenvalue weighted by Crippen LogP contribution is 2.25. The summed E-state index contributed by atoms with van der Waals surface area (Å²) in [6.07, 6.45) is 5.01. The summed E-state index contributed by atoms with van der Waals surface area (Å²) in [5.74, 6) is -1.09. The van der Waals surface area contributed by atoms with Crippen molar-refractivity contribution >= 4 is 5.69 Å². The fraction of sp³-hybridized carbons (Fsp3) is 0.318. The number of aromatic nitrogens is 2. The molecule has 3 aromatic rings. The monoisotopic (exact) mass is 382 g/mol. The minimum atomic E-state index is -0.797. The second kappa shape index (κ2) is 8.52. The van der Waals surface area contributed by atoms with Crippen molar-refractivity contribution in [2.75, 3.05) is 24.5 Å². The second-order valence-electron chi connectivity index (χ2n) is 7.36. The molecule has 0 bridgehead atoms. The number of anilines is 1. The van der Waals surface area contributed by atoms with Crippen LogP contribution in [0.2, 0.25) is 0 Å². The zero-order valence-electron chi connectivity index (χ0n) is 15.7. The molecule has 1 atom stereocenters. The van der Waals surface area contributed by atoms with Gasteiger partial charge in [0.1, 0.15) is 0 Å². The van der Waals surface area contributed by atoms with Crippen LogP contribution in [0.1, 0.15) is 17.5 Å². The van der Waals surface area contributed by atoms with Crippen molar-refractivity contribution in [2.24, 2.45) is 5.92 Å². The van der Waals surface area contributed by atoms with Crippen LogP contribution < -0.4 is 10.2 Å². The van der Waals surface area contributed by atoms with Crippen LogP contribution in [0.25, 0.3) is 0 Å². The fourth-order valence-electron chi connectivity index (χ4n) is 3.69. The molecule has 0 amide bonds. The van der Waals surface area contributed by atoms with Crippen molar-refractivity contribution in [3.05, 3.63) is 83.7 Å². The van der Waals surface area contributed by atoms with E-state index < -0.39 is 11.6 Å². The quantitative estimate of drug-likeness (QED) is 0.674. The Morgan fingerprint density at radius 1 is 1.04 bits per heavy atom. The first-order chi connectivity index (χ1) is 13.7. The van der Waals surface area contributed by atoms with Gasteiger partial charge in [0.25, 0.3) is 0 Å². The summed E-state index contributed by atoms with van der Waals surface area (Å²) in [7, 11) is 0. The standard InChI is InChI=1S/C22H24F2N4/c23-21-7-6-20(10-22(21)24)27-9-8-18(14-27)11-25-12-19-13-26-28(16-19)15-17-4-2-1-3-5-17/h1-7,10,13,16,18,25H,8-9,11-12,14-15H2. The summed E-state index contributed by atoms with van der Waals surface area (Å²) in [6, 6.07) is 14.4. The highest BCUT2D eigenvalue weighted by molar-refractivity contribution is 5.47. The van der Waals surface area contributed by atoms with Crippen LogP contribution in [-0.2, 0) is 13.1 Å². The van der Waals surface area contributed by atoms with Crippen LogP contribution in [0.4, 0.5) is 14.5 Å². The average Bonchev–Trinajstić information content (AvgIpc) is 3.35. The van der Waals surface area contributed by atoms with Gasteiger partial charge >= 0.3 is 0 Å². The first kappa shape index (κ1) is 18.6. The lowest BCUT2D eigenvalue weighted by Gasteiger charge is -2.19. The van der Waals surface area contributed by atoms with E-state index in [9.17, 15) is 8.78 Å². The van der Waals surface area contributed by atoms with Crippen LogP contribution in [0.3, 0.4) is 0 Å². The molecule has 28 heavy (non-hydrogen) atoms. The van der Waals surface area contributed by atoms with E-state index in [2.05, 4.69) is 33.6 Å². The number of benzene rings is 2. The van der Waals surface area contributed by atoms with Gasteiger partial charge < -0.3 is 10.2 Å². The third kappa shape index (κ3) is 4.57. The molecule has 146 valence electrons. The van der Waals surface area contributed by atoms with Crippen molar-refractivity contribution in [3.63, 3.8) is 0 Å². The minimum Gasteiger partial charge on any atom is -0.371 e. The van der Waals surface area contributed by atoms with E-state index >= 15 is 0 Å². The number of nitrogens with one attached hydrogen (secondary N) is 1. The van der Waals surface area contributed by atoms with E-state index in [0.717, 1.165) is 50.4 Å². The molecule has 1 aromatic heterocycles. The Bertz CT molecular complexity index is 910. The molecule has 1 unspecified atom stereocenters. The lowest BCUT2D eigenvalue weighted by atomic mass is 10.1. The summed E-state index contributed by atoms with van der Waals surface area (Å²) in [4.78, 5) is 2.12. The van der Waals surface area contributed by atoms with E-state index in [4.69, 9.17) is 0 Å². The number of rotatable bonds is 7. The van der Waals surface area contributed by atoms with Crippen molar-refractivity contribution < 1.29 is 8.78 Å². The second-order valence-corrected chi connectivity index (χ2v) is 7.36. The first-order valence-corrected chi connectivity index (χ1v) is 9.63. The maximum absolute atomic E-state index is 13.4. The maximum Gasteiger partial charge on any atom is 0.160 e. The Kier molecular flexibility index (Phi) is 5.67. The van der Waals surface area contributed by atoms with Gasteiger partial charge in [0, 0.05) is 49.7 Å². The number of hydrogen-bond acceptors (Lipinski definition) is 3. The van der Waals surface area contributed by atoms with E-state index in [1.807, 2.05) is 29.1 Å². The Hall–Kier alpha value is -2.73. The van der Waals surface area contributed by atoms with E-state index in [-0.39, 0.29) is 0 Å². The third-order valence-corrected chi connectivity index (χ3v) is 5.19. The van der Waals surface area contributed by atoms with Gasteiger partial charge in [-0.3, -0.25) is 4.68 Å². The smallest absolute Gasteiger partial charge is 0.160 e. The third-order valence-electron chi connectivity index (χ3n) is 5.19. The zero-order valence-corrected chi connectivity index (χ0v) is 15.7. The summed E-state index contributed by atoms with van der Waals surface area (Å²) in [5, 5.41) is 7.93. The Balaban J connectivity index is 1.23. The van der Waals surface area contributed by atoms with Gasteiger partial charge in [-0.1, -0.05) is 30.3 Å². The van der Waals surface area contributed by atoms with Gasteiger partial charge in [0.15, 0.2) is 11.6 Å². The number of halogens is 2. The molecule has 1 aliphatic heterocycles. The van der Waals surface area contributed by atoms with Crippen LogP contribution >= 0.6 is 0 Å². The van der Waals surface area contributed by atoms with Gasteiger partial charge in [0.05, 0.1) is 12.7 Å². The highest BCUT2D eigenvalue weighted by Gasteiger charge is 2.23. The number of hydrogen-bond donors (Lipinski definition) is 1. The van der Waals surface area contributed by atoms with Crippen LogP contribution in [0.5, 0.6) is 0 Å². The van der Waals surface area contributed by atoms with Gasteiger partial charge in [-0.25, -0.2) is 8.78 Å². The van der Waals surface area contributed by atoms with Crippen molar-refractivity contribution in [3.8, 4) is 0 Å². The molecular formula is C22H24F2N4. The summed E-state index contributed by atoms with van der Waals surface area (Å²) in [6.45, 7) is 4.16. The van der Waals surface area contributed by atoms with E-state index in [0.29, 0.717) is 5.92 Å². The molecule has 4 rings (SSSR count). The normalized spacial score (nSPS) is 16.6. The molecule has 1 aliphatic rings. The SMILES string of the molecule is Fc1ccc(N2CCC(CNCc3cnn(Cc4ccccc4)c3)C2)cc1F. The molecule has 4 nitrogen and oxygen atoms in total.